The molecule has 0 aromatic heterocycles. The highest BCUT2D eigenvalue weighted by Gasteiger charge is 2.72. The van der Waals surface area contributed by atoms with Gasteiger partial charge in [0.25, 0.3) is 10.1 Å². The van der Waals surface area contributed by atoms with Crippen molar-refractivity contribution in [3.8, 4) is 5.75 Å². The summed E-state index contributed by atoms with van der Waals surface area (Å²) in [5.41, 5.74) is 0.913. The molecule has 10 nitrogen and oxygen atoms in total. The summed E-state index contributed by atoms with van der Waals surface area (Å²) < 4.78 is 58.8. The van der Waals surface area contributed by atoms with Gasteiger partial charge in [-0.3, -0.25) is 14.1 Å². The molecule has 2 aromatic rings. The summed E-state index contributed by atoms with van der Waals surface area (Å²) in [7, 11) is -4.51. The van der Waals surface area contributed by atoms with Crippen molar-refractivity contribution >= 4 is 95.8 Å². The van der Waals surface area contributed by atoms with Crippen molar-refractivity contribution in [3.63, 3.8) is 0 Å². The molecule has 6 atom stereocenters. The second-order valence-electron chi connectivity index (χ2n) is 9.84. The summed E-state index contributed by atoms with van der Waals surface area (Å²) in [5, 5.41) is 0. The molecule has 3 saturated heterocycles. The average molecular weight is 894 g/mol. The normalized spacial score (nSPS) is 27.1. The van der Waals surface area contributed by atoms with Gasteiger partial charge in [0.15, 0.2) is 12.2 Å². The van der Waals surface area contributed by atoms with Crippen LogP contribution >= 0.6 is 67.8 Å². The molecule has 6 unspecified atom stereocenters. The number of ether oxygens (including phenoxy) is 4. The van der Waals surface area contributed by atoms with E-state index in [-0.39, 0.29) is 22.1 Å². The van der Waals surface area contributed by atoms with Gasteiger partial charge >= 0.3 is 17.9 Å². The highest BCUT2D eigenvalue weighted by molar-refractivity contribution is 14.1. The molecule has 39 heavy (non-hydrogen) atoms. The number of carbonyl (C=O) groups is 3. The number of hydrogen-bond donors (Lipinski definition) is 1. The van der Waals surface area contributed by atoms with Crippen LogP contribution in [0.3, 0.4) is 0 Å². The first kappa shape index (κ1) is 29.4. The van der Waals surface area contributed by atoms with Crippen LogP contribution in [0.5, 0.6) is 5.75 Å². The van der Waals surface area contributed by atoms with E-state index in [0.29, 0.717) is 14.7 Å². The maximum Gasteiger partial charge on any atom is 0.339 e. The zero-order valence-electron chi connectivity index (χ0n) is 20.5. The zero-order chi connectivity index (χ0) is 28.5. The minimum atomic E-state index is -4.51. The van der Waals surface area contributed by atoms with Crippen LogP contribution in [0.15, 0.2) is 29.2 Å². The van der Waals surface area contributed by atoms with Gasteiger partial charge in [0, 0.05) is 10.7 Å². The Morgan fingerprint density at radius 3 is 2.38 bits per heavy atom. The highest BCUT2D eigenvalue weighted by atomic mass is 127. The van der Waals surface area contributed by atoms with E-state index in [4.69, 9.17) is 18.9 Å². The fourth-order valence-electron chi connectivity index (χ4n) is 5.27. The number of esters is 3. The smallest absolute Gasteiger partial charge is 0.339 e. The van der Waals surface area contributed by atoms with Gasteiger partial charge in [-0.05, 0) is 116 Å². The first-order chi connectivity index (χ1) is 18.2. The van der Waals surface area contributed by atoms with Crippen LogP contribution in [0.1, 0.15) is 41.3 Å². The van der Waals surface area contributed by atoms with Gasteiger partial charge in [0.1, 0.15) is 29.8 Å². The second-order valence-corrected chi connectivity index (χ2v) is 14.7. The van der Waals surface area contributed by atoms with E-state index < -0.39 is 64.3 Å². The average Bonchev–Trinajstić information content (AvgIpc) is 3.45. The summed E-state index contributed by atoms with van der Waals surface area (Å²) in [4.78, 5) is 39.1. The molecular weight excluding hydrogens is 873 g/mol. The van der Waals surface area contributed by atoms with Gasteiger partial charge in [0.05, 0.1) is 10.5 Å². The number of hydrogen-bond acceptors (Lipinski definition) is 9. The zero-order valence-corrected chi connectivity index (χ0v) is 27.8. The van der Waals surface area contributed by atoms with E-state index in [1.54, 1.807) is 19.9 Å². The second kappa shape index (κ2) is 10.6. The van der Waals surface area contributed by atoms with Crippen LogP contribution in [0.4, 0.5) is 0 Å². The molecule has 3 aliphatic rings. The molecule has 5 rings (SSSR count). The monoisotopic (exact) mass is 894 g/mol. The van der Waals surface area contributed by atoms with Crippen LogP contribution < -0.4 is 4.74 Å². The Morgan fingerprint density at radius 2 is 1.74 bits per heavy atom. The maximum atomic E-state index is 13.5. The fraction of sp³-hybridized carbons (Fsp3) is 0.400. The molecule has 3 aliphatic heterocycles. The van der Waals surface area contributed by atoms with E-state index in [9.17, 15) is 27.4 Å². The van der Waals surface area contributed by atoms with Crippen LogP contribution in [0, 0.1) is 29.5 Å². The molecule has 0 spiro atoms. The first-order valence-electron chi connectivity index (χ1n) is 11.7. The molecule has 2 aromatic carbocycles. The predicted octanol–water partition coefficient (Wildman–Crippen LogP) is 4.25. The van der Waals surface area contributed by atoms with Crippen molar-refractivity contribution < 1.29 is 46.3 Å². The van der Waals surface area contributed by atoms with Crippen molar-refractivity contribution in [3.05, 3.63) is 51.7 Å². The summed E-state index contributed by atoms with van der Waals surface area (Å²) in [5.74, 6) is -4.29. The van der Waals surface area contributed by atoms with Gasteiger partial charge in [-0.15, -0.1) is 0 Å². The number of aryl methyl sites for hydroxylation is 1. The van der Waals surface area contributed by atoms with Crippen LogP contribution in [0.2, 0.25) is 0 Å². The van der Waals surface area contributed by atoms with Crippen molar-refractivity contribution in [2.24, 2.45) is 11.8 Å². The lowest BCUT2D eigenvalue weighted by Gasteiger charge is -2.27. The summed E-state index contributed by atoms with van der Waals surface area (Å²) >= 11 is 6.29. The third-order valence-electron chi connectivity index (χ3n) is 7.05. The van der Waals surface area contributed by atoms with E-state index >= 15 is 0 Å². The first-order valence-corrected chi connectivity index (χ1v) is 16.4. The Balaban J connectivity index is 1.43. The lowest BCUT2D eigenvalue weighted by atomic mass is 9.78. The SMILES string of the molecule is Cc1cc(S(=O)(=O)O)c(C(C)C)cc1OC(=O)C1C2OC3C(OC(=O)C31)C2OC(=O)c1cc(I)cc(I)c1I. The van der Waals surface area contributed by atoms with Crippen LogP contribution in [-0.2, 0) is 33.9 Å². The Bertz CT molecular complexity index is 1520. The van der Waals surface area contributed by atoms with E-state index in [1.165, 1.54) is 19.1 Å². The molecule has 2 bridgehead atoms. The Morgan fingerprint density at radius 1 is 1.05 bits per heavy atom. The fourth-order valence-corrected chi connectivity index (χ4v) is 8.56. The molecule has 0 radical (unpaired) electrons. The molecule has 14 heteroatoms. The molecule has 1 N–H and O–H groups in total. The quantitative estimate of drug-likeness (QED) is 0.147. The maximum absolute atomic E-state index is 13.5. The van der Waals surface area contributed by atoms with Crippen molar-refractivity contribution in [2.45, 2.75) is 56.0 Å². The topological polar surface area (TPSA) is 143 Å². The van der Waals surface area contributed by atoms with Crippen LogP contribution in [0.25, 0.3) is 0 Å². The van der Waals surface area contributed by atoms with E-state index in [2.05, 4.69) is 67.8 Å². The van der Waals surface area contributed by atoms with E-state index in [1.807, 2.05) is 6.07 Å². The minimum absolute atomic E-state index is 0.0818. The Kier molecular flexibility index (Phi) is 8.02. The van der Waals surface area contributed by atoms with Crippen molar-refractivity contribution in [2.75, 3.05) is 0 Å². The summed E-state index contributed by atoms with van der Waals surface area (Å²) in [6.45, 7) is 5.00. The minimum Gasteiger partial charge on any atom is -0.455 e. The van der Waals surface area contributed by atoms with Crippen molar-refractivity contribution in [1.29, 1.82) is 0 Å². The third kappa shape index (κ3) is 5.21. The molecule has 208 valence electrons. The number of rotatable bonds is 6. The Labute approximate surface area is 265 Å². The molecule has 3 fully saturated rings. The Hall–Kier alpha value is -1.09. The predicted molar refractivity (Wildman–Crippen MR) is 160 cm³/mol. The number of halogens is 3. The molecule has 0 amide bonds. The lowest BCUT2D eigenvalue weighted by Crippen LogP contribution is -2.48. The summed E-state index contributed by atoms with van der Waals surface area (Å²) in [6, 6.07) is 6.24. The molecule has 0 aliphatic carbocycles. The van der Waals surface area contributed by atoms with Crippen molar-refractivity contribution in [1.82, 2.24) is 0 Å². The van der Waals surface area contributed by atoms with Gasteiger partial charge in [-0.1, -0.05) is 13.8 Å². The highest BCUT2D eigenvalue weighted by Crippen LogP contribution is 2.51. The summed E-state index contributed by atoms with van der Waals surface area (Å²) in [6.07, 6.45) is -3.57. The standard InChI is InChI=1S/C25H21I3O10S/c1-8(2)11-7-14(9(3)4-15(11)39(32,33)34)35-24(30)16-17-20-22(38-25(17)31)21(19(16)36-20)37-23(29)12-5-10(26)6-13(27)18(12)28/h4-8,16-17,19-22H,1-3H3,(H,32,33,34). The number of fused-ring (bicyclic) bond motifs is 1. The largest absolute Gasteiger partial charge is 0.455 e. The molecule has 0 saturated carbocycles. The molecular formula is C25H21I3O10S. The van der Waals surface area contributed by atoms with Gasteiger partial charge in [0.2, 0.25) is 0 Å². The van der Waals surface area contributed by atoms with Gasteiger partial charge in [-0.25, -0.2) is 4.79 Å². The van der Waals surface area contributed by atoms with E-state index in [0.717, 1.165) is 7.14 Å². The van der Waals surface area contributed by atoms with Crippen LogP contribution in [-0.4, -0.2) is 55.3 Å². The third-order valence-corrected chi connectivity index (χ3v) is 11.6. The lowest BCUT2D eigenvalue weighted by molar-refractivity contribution is -0.149. The number of benzene rings is 2. The molecule has 3 heterocycles. The van der Waals surface area contributed by atoms with Gasteiger partial charge < -0.3 is 18.9 Å². The van der Waals surface area contributed by atoms with Gasteiger partial charge in [-0.2, -0.15) is 8.42 Å². The number of carbonyl (C=O) groups excluding carboxylic acids is 3.